The zero-order valence-electron chi connectivity index (χ0n) is 16.7. The molecule has 3 nitrogen and oxygen atoms in total. The maximum atomic E-state index is 12.8. The summed E-state index contributed by atoms with van der Waals surface area (Å²) in [6.07, 6.45) is 4.07. The van der Waals surface area contributed by atoms with Crippen LogP contribution in [0.4, 0.5) is 0 Å². The van der Waals surface area contributed by atoms with Gasteiger partial charge < -0.3 is 9.47 Å². The Balaban J connectivity index is 0.00000392. The minimum atomic E-state index is -0.130. The Labute approximate surface area is 191 Å². The zero-order valence-corrected chi connectivity index (χ0v) is 19.2. The number of carbonyl (C=O) groups is 1. The molecule has 1 atom stereocenters. The summed E-state index contributed by atoms with van der Waals surface area (Å²) in [5, 5.41) is 1.57. The Morgan fingerprint density at radius 1 is 0.964 bits per heavy atom. The van der Waals surface area contributed by atoms with Crippen LogP contribution in [0.5, 0.6) is 11.5 Å². The third-order valence-electron chi connectivity index (χ3n) is 3.91. The molecule has 0 amide bonds. The number of carbonyl (C=O) groups excluding carboxylic acids is 1. The van der Waals surface area contributed by atoms with Crippen LogP contribution in [0.15, 0.2) is 36.4 Å². The van der Waals surface area contributed by atoms with E-state index < -0.39 is 0 Å². The van der Waals surface area contributed by atoms with Crippen LogP contribution >= 0.6 is 31.8 Å². The van der Waals surface area contributed by atoms with Crippen LogP contribution in [0.1, 0.15) is 49.9 Å². The molecule has 0 fully saturated rings. The van der Waals surface area contributed by atoms with Gasteiger partial charge in [-0.05, 0) is 45.7 Å². The van der Waals surface area contributed by atoms with Gasteiger partial charge in [-0.2, -0.15) is 0 Å². The van der Waals surface area contributed by atoms with Gasteiger partial charge in [-0.25, -0.2) is 0 Å². The topological polar surface area (TPSA) is 35.5 Å². The normalized spacial score (nSPS) is 10.7. The average Bonchev–Trinajstić information content (AvgIpc) is 2.64. The van der Waals surface area contributed by atoms with Crippen LogP contribution in [0, 0.1) is 0 Å². The van der Waals surface area contributed by atoms with Crippen LogP contribution in [-0.2, 0) is 0 Å². The second kappa shape index (κ2) is 13.5. The smallest absolute Gasteiger partial charge is 0.493 e. The molecular weight excluding hydrogens is 409 g/mol. The Morgan fingerprint density at radius 3 is 2.18 bits per heavy atom. The largest absolute Gasteiger partial charge is 1.00 e. The molecule has 2 aromatic rings. The summed E-state index contributed by atoms with van der Waals surface area (Å²) in [7, 11) is -0.130. The maximum absolute atomic E-state index is 12.8. The molecule has 2 rings (SSSR count). The fourth-order valence-corrected chi connectivity index (χ4v) is 4.18. The summed E-state index contributed by atoms with van der Waals surface area (Å²) in [4.78, 5) is 12.8. The third-order valence-corrected chi connectivity index (χ3v) is 5.70. The fraction of sp³-hybridized carbons (Fsp3) is 0.381. The van der Waals surface area contributed by atoms with Crippen LogP contribution in [-0.4, -0.2) is 18.7 Å². The molecule has 0 saturated carbocycles. The summed E-state index contributed by atoms with van der Waals surface area (Å²) in [5.74, 6) is 1.44. The van der Waals surface area contributed by atoms with Crippen molar-refractivity contribution in [2.45, 2.75) is 39.5 Å². The van der Waals surface area contributed by atoms with E-state index in [0.717, 1.165) is 36.7 Å². The van der Waals surface area contributed by atoms with Gasteiger partial charge in [-0.15, -0.1) is 0 Å². The van der Waals surface area contributed by atoms with Gasteiger partial charge in [0.05, 0.1) is 28.8 Å². The van der Waals surface area contributed by atoms with Gasteiger partial charge in [-0.3, -0.25) is 4.79 Å². The second-order valence-electron chi connectivity index (χ2n) is 6.11. The summed E-state index contributed by atoms with van der Waals surface area (Å²) < 4.78 is 11.7. The van der Waals surface area contributed by atoms with Gasteiger partial charge in [0.1, 0.15) is 11.5 Å². The molecule has 28 heavy (non-hydrogen) atoms. The van der Waals surface area contributed by atoms with Crippen molar-refractivity contribution in [3.05, 3.63) is 52.0 Å². The van der Waals surface area contributed by atoms with Gasteiger partial charge in [0.15, 0.2) is 5.52 Å². The molecule has 0 radical (unpaired) electrons. The van der Waals surface area contributed by atoms with Crippen LogP contribution in [0.3, 0.4) is 0 Å². The Bertz CT molecular complexity index is 751. The predicted octanol–water partition coefficient (Wildman–Crippen LogP) is 3.50. The van der Waals surface area contributed by atoms with Crippen molar-refractivity contribution in [3.8, 4) is 11.5 Å². The number of ether oxygens (including phenoxy) is 2. The molecule has 7 heteroatoms. The monoisotopic (exact) mass is 433 g/mol. The van der Waals surface area contributed by atoms with E-state index in [1.165, 1.54) is 0 Å². The first-order valence-corrected chi connectivity index (χ1v) is 11.0. The van der Waals surface area contributed by atoms with E-state index in [4.69, 9.17) is 32.7 Å². The number of rotatable bonds is 11. The predicted molar refractivity (Wildman–Crippen MR) is 116 cm³/mol. The maximum Gasteiger partial charge on any atom is 1.00 e. The summed E-state index contributed by atoms with van der Waals surface area (Å²) in [6.45, 7) is 5.51. The first kappa shape index (κ1) is 25.4. The molecular formula is C21H25Cl2LiO3P+. The van der Waals surface area contributed by atoms with Crippen molar-refractivity contribution in [1.29, 1.82) is 0 Å². The zero-order chi connectivity index (χ0) is 19.6. The molecule has 0 spiro atoms. The fourth-order valence-electron chi connectivity index (χ4n) is 2.38. The van der Waals surface area contributed by atoms with Gasteiger partial charge in [0, 0.05) is 11.4 Å². The standard InChI is InChI=1S/C21H25Cl2O3P.Li/c1-3-5-12-25-15-10-11-19(18(14-15)26-13-6-4-2)27-21(24)20-16(22)8-7-9-17(20)23;/h7-11,14,27H,3-6,12-13H2,1-2H3;/q;+1. The van der Waals surface area contributed by atoms with Crippen LogP contribution in [0.2, 0.25) is 10.0 Å². The van der Waals surface area contributed by atoms with Crippen molar-refractivity contribution in [1.82, 2.24) is 0 Å². The minimum Gasteiger partial charge on any atom is -0.493 e. The quantitative estimate of drug-likeness (QED) is 0.309. The van der Waals surface area contributed by atoms with Crippen molar-refractivity contribution >= 4 is 42.6 Å². The molecule has 0 bridgehead atoms. The molecule has 146 valence electrons. The summed E-state index contributed by atoms with van der Waals surface area (Å²) in [6, 6.07) is 10.7. The number of hydrogen-bond donors (Lipinski definition) is 0. The van der Waals surface area contributed by atoms with Crippen LogP contribution < -0.4 is 33.6 Å². The van der Waals surface area contributed by atoms with Gasteiger partial charge in [-0.1, -0.05) is 56.0 Å². The molecule has 0 heterocycles. The molecule has 2 aromatic carbocycles. The Morgan fingerprint density at radius 2 is 1.57 bits per heavy atom. The molecule has 0 aromatic heterocycles. The SMILES string of the molecule is CCCCOc1ccc(PC(=O)c2c(Cl)cccc2Cl)c(OCCCC)c1.[Li+]. The first-order valence-electron chi connectivity index (χ1n) is 9.21. The van der Waals surface area contributed by atoms with E-state index >= 15 is 0 Å². The Kier molecular flexibility index (Phi) is 12.2. The number of halogens is 2. The second-order valence-corrected chi connectivity index (χ2v) is 8.17. The molecule has 0 aliphatic heterocycles. The van der Waals surface area contributed by atoms with E-state index in [1.807, 2.05) is 18.2 Å². The van der Waals surface area contributed by atoms with E-state index in [9.17, 15) is 4.79 Å². The number of unbranched alkanes of at least 4 members (excludes halogenated alkanes) is 2. The minimum absolute atomic E-state index is 0. The molecule has 0 saturated heterocycles. The first-order chi connectivity index (χ1) is 13.1. The number of hydrogen-bond acceptors (Lipinski definition) is 3. The van der Waals surface area contributed by atoms with Crippen molar-refractivity contribution in [2.24, 2.45) is 0 Å². The van der Waals surface area contributed by atoms with E-state index in [1.54, 1.807) is 18.2 Å². The molecule has 0 aliphatic rings. The van der Waals surface area contributed by atoms with E-state index in [2.05, 4.69) is 13.8 Å². The summed E-state index contributed by atoms with van der Waals surface area (Å²) in [5.41, 5.74) is 0.257. The van der Waals surface area contributed by atoms with E-state index in [-0.39, 0.29) is 33.0 Å². The van der Waals surface area contributed by atoms with Crippen LogP contribution in [0.25, 0.3) is 0 Å². The van der Waals surface area contributed by atoms with Crippen molar-refractivity contribution < 1.29 is 33.1 Å². The third kappa shape index (κ3) is 7.62. The average molecular weight is 434 g/mol. The van der Waals surface area contributed by atoms with Crippen molar-refractivity contribution in [2.75, 3.05) is 13.2 Å². The molecule has 0 aliphatic carbocycles. The molecule has 0 N–H and O–H groups in total. The van der Waals surface area contributed by atoms with Gasteiger partial charge in [0.2, 0.25) is 0 Å². The van der Waals surface area contributed by atoms with E-state index in [0.29, 0.717) is 34.6 Å². The summed E-state index contributed by atoms with van der Waals surface area (Å²) >= 11 is 12.4. The molecule has 1 unspecified atom stereocenters. The Hall–Kier alpha value is -0.683. The van der Waals surface area contributed by atoms with Gasteiger partial charge in [0.25, 0.3) is 0 Å². The van der Waals surface area contributed by atoms with Gasteiger partial charge >= 0.3 is 18.9 Å². The van der Waals surface area contributed by atoms with Crippen molar-refractivity contribution in [3.63, 3.8) is 0 Å². The number of benzene rings is 2.